The van der Waals surface area contributed by atoms with E-state index in [9.17, 15) is 0 Å². The number of nitrogens with zero attached hydrogens (tertiary/aromatic N) is 1. The van der Waals surface area contributed by atoms with Crippen molar-refractivity contribution >= 4 is 51.5 Å². The van der Waals surface area contributed by atoms with Crippen LogP contribution in [0.5, 0.6) is 0 Å². The lowest BCUT2D eigenvalue weighted by atomic mass is 10.3. The van der Waals surface area contributed by atoms with Crippen molar-refractivity contribution in [3.8, 4) is 0 Å². The second-order valence-corrected chi connectivity index (χ2v) is 6.11. The fraction of sp³-hybridized carbons (Fsp3) is 0.375. The maximum absolute atomic E-state index is 5.98. The summed E-state index contributed by atoms with van der Waals surface area (Å²) >= 11 is 14.9. The smallest absolute Gasteiger partial charge is 0.156 e. The number of aliphatic imine (C=N–C) groups is 1. The zero-order chi connectivity index (χ0) is 9.97. The van der Waals surface area contributed by atoms with Crippen LogP contribution in [0.4, 0.5) is 0 Å². The van der Waals surface area contributed by atoms with E-state index in [1.54, 1.807) is 11.8 Å². The summed E-state index contributed by atoms with van der Waals surface area (Å²) < 4.78 is 1.49. The fourth-order valence-corrected chi connectivity index (χ4v) is 3.33. The number of hydrogen-bond donors (Lipinski definition) is 1. The van der Waals surface area contributed by atoms with E-state index in [2.05, 4.69) is 10.3 Å². The summed E-state index contributed by atoms with van der Waals surface area (Å²) in [5.41, 5.74) is 1.04. The third kappa shape index (κ3) is 2.57. The minimum atomic E-state index is 0.702. The van der Waals surface area contributed by atoms with E-state index < -0.39 is 0 Å². The molecular formula is C8H8Cl2N2S2. The second-order valence-electron chi connectivity index (χ2n) is 2.74. The molecule has 0 radical (unpaired) electrons. The van der Waals surface area contributed by atoms with E-state index in [4.69, 9.17) is 23.2 Å². The summed E-state index contributed by atoms with van der Waals surface area (Å²) in [7, 11) is 0. The monoisotopic (exact) mass is 266 g/mol. The molecule has 0 aromatic carbocycles. The third-order valence-electron chi connectivity index (χ3n) is 1.74. The molecule has 1 aromatic rings. The number of thioether (sulfide) groups is 1. The van der Waals surface area contributed by atoms with Crippen LogP contribution in [0.3, 0.4) is 0 Å². The molecule has 1 aromatic heterocycles. The number of amidine groups is 1. The van der Waals surface area contributed by atoms with Crippen molar-refractivity contribution in [1.29, 1.82) is 0 Å². The Hall–Kier alpha value is 0.1000. The fourth-order valence-electron chi connectivity index (χ4n) is 1.11. The molecule has 0 spiro atoms. The van der Waals surface area contributed by atoms with Gasteiger partial charge in [0.15, 0.2) is 5.17 Å². The van der Waals surface area contributed by atoms with Crippen molar-refractivity contribution in [3.05, 3.63) is 20.3 Å². The lowest BCUT2D eigenvalue weighted by molar-refractivity contribution is 0.928. The van der Waals surface area contributed by atoms with Crippen LogP contribution >= 0.6 is 46.3 Å². The Morgan fingerprint density at radius 2 is 2.36 bits per heavy atom. The van der Waals surface area contributed by atoms with Gasteiger partial charge in [-0.05, 0) is 6.07 Å². The molecule has 1 N–H and O–H groups in total. The summed E-state index contributed by atoms with van der Waals surface area (Å²) in [6, 6.07) is 1.89. The first-order valence-electron chi connectivity index (χ1n) is 4.10. The molecule has 0 bridgehead atoms. The maximum atomic E-state index is 5.98. The molecular weight excluding hydrogens is 259 g/mol. The van der Waals surface area contributed by atoms with Crippen LogP contribution < -0.4 is 5.32 Å². The molecule has 0 atom stereocenters. The van der Waals surface area contributed by atoms with E-state index in [1.807, 2.05) is 6.07 Å². The average Bonchev–Trinajstić information content (AvgIpc) is 2.72. The lowest BCUT2D eigenvalue weighted by Gasteiger charge is -2.02. The molecule has 0 fully saturated rings. The summed E-state index contributed by atoms with van der Waals surface area (Å²) in [5.74, 6) is 1.07. The molecule has 1 aliphatic heterocycles. The third-order valence-corrected chi connectivity index (χ3v) is 4.25. The molecule has 14 heavy (non-hydrogen) atoms. The van der Waals surface area contributed by atoms with Gasteiger partial charge in [0.05, 0.1) is 15.2 Å². The number of halogens is 2. The first-order chi connectivity index (χ1) is 6.75. The first kappa shape index (κ1) is 10.6. The molecule has 76 valence electrons. The van der Waals surface area contributed by atoms with Crippen LogP contribution in [-0.4, -0.2) is 17.5 Å². The molecule has 0 saturated heterocycles. The predicted octanol–water partition coefficient (Wildman–Crippen LogP) is 3.25. The highest BCUT2D eigenvalue weighted by molar-refractivity contribution is 8.14. The second kappa shape index (κ2) is 4.75. The quantitative estimate of drug-likeness (QED) is 0.889. The molecule has 0 aliphatic carbocycles. The van der Waals surface area contributed by atoms with Gasteiger partial charge in [-0.15, -0.1) is 11.3 Å². The van der Waals surface area contributed by atoms with Crippen LogP contribution in [0.15, 0.2) is 11.1 Å². The van der Waals surface area contributed by atoms with Gasteiger partial charge >= 0.3 is 0 Å². The summed E-state index contributed by atoms with van der Waals surface area (Å²) in [6.07, 6.45) is 0. The maximum Gasteiger partial charge on any atom is 0.156 e. The van der Waals surface area contributed by atoms with Gasteiger partial charge in [-0.25, -0.2) is 0 Å². The Bertz CT molecular complexity index is 362. The highest BCUT2D eigenvalue weighted by atomic mass is 35.5. The molecule has 2 heterocycles. The summed E-state index contributed by atoms with van der Waals surface area (Å²) in [5, 5.41) is 4.23. The van der Waals surface area contributed by atoms with Crippen LogP contribution in [-0.2, 0) is 6.54 Å². The highest BCUT2D eigenvalue weighted by Crippen LogP contribution is 2.31. The molecule has 1 aliphatic rings. The summed E-state index contributed by atoms with van der Waals surface area (Å²) in [4.78, 5) is 4.28. The van der Waals surface area contributed by atoms with Gasteiger partial charge in [0, 0.05) is 17.9 Å². The molecule has 0 amide bonds. The largest absolute Gasteiger partial charge is 0.361 e. The van der Waals surface area contributed by atoms with Crippen LogP contribution in [0.25, 0.3) is 0 Å². The van der Waals surface area contributed by atoms with Gasteiger partial charge in [-0.1, -0.05) is 35.0 Å². The number of nitrogens with one attached hydrogen (secondary N) is 1. The van der Waals surface area contributed by atoms with Gasteiger partial charge in [0.2, 0.25) is 0 Å². The van der Waals surface area contributed by atoms with Crippen molar-refractivity contribution in [2.24, 2.45) is 4.99 Å². The van der Waals surface area contributed by atoms with E-state index in [0.717, 1.165) is 31.7 Å². The first-order valence-corrected chi connectivity index (χ1v) is 6.66. The Morgan fingerprint density at radius 3 is 2.93 bits per heavy atom. The molecule has 6 heteroatoms. The van der Waals surface area contributed by atoms with Gasteiger partial charge in [0.25, 0.3) is 0 Å². The highest BCUT2D eigenvalue weighted by Gasteiger charge is 2.09. The molecule has 2 rings (SSSR count). The zero-order valence-electron chi connectivity index (χ0n) is 7.22. The van der Waals surface area contributed by atoms with Crippen LogP contribution in [0.2, 0.25) is 8.67 Å². The van der Waals surface area contributed by atoms with Crippen molar-refractivity contribution < 1.29 is 0 Å². The standard InChI is InChI=1S/C8H8Cl2N2S2/c9-6-3-5(7(10)14-6)4-12-8-11-1-2-13-8/h3H,1-2,4H2,(H,11,12). The van der Waals surface area contributed by atoms with E-state index >= 15 is 0 Å². The molecule has 2 nitrogen and oxygen atoms in total. The van der Waals surface area contributed by atoms with Gasteiger partial charge in [0.1, 0.15) is 0 Å². The van der Waals surface area contributed by atoms with E-state index in [0.29, 0.717) is 6.54 Å². The number of rotatable bonds is 2. The zero-order valence-corrected chi connectivity index (χ0v) is 10.4. The lowest BCUT2D eigenvalue weighted by Crippen LogP contribution is -2.17. The van der Waals surface area contributed by atoms with Crippen molar-refractivity contribution in [2.75, 3.05) is 12.3 Å². The Balaban J connectivity index is 1.94. The van der Waals surface area contributed by atoms with Crippen molar-refractivity contribution in [2.45, 2.75) is 6.54 Å². The SMILES string of the molecule is Clc1cc(CNC2=NCCS2)c(Cl)s1. The van der Waals surface area contributed by atoms with Crippen molar-refractivity contribution in [1.82, 2.24) is 5.32 Å². The Morgan fingerprint density at radius 1 is 1.50 bits per heavy atom. The van der Waals surface area contributed by atoms with Crippen LogP contribution in [0.1, 0.15) is 5.56 Å². The summed E-state index contributed by atoms with van der Waals surface area (Å²) in [6.45, 7) is 1.61. The predicted molar refractivity (Wildman–Crippen MR) is 65.9 cm³/mol. The number of hydrogen-bond acceptors (Lipinski definition) is 4. The molecule has 0 saturated carbocycles. The molecule has 0 unspecified atom stereocenters. The number of thiophene rings is 1. The normalized spacial score (nSPS) is 15.7. The van der Waals surface area contributed by atoms with Gasteiger partial charge < -0.3 is 5.32 Å². The van der Waals surface area contributed by atoms with Gasteiger partial charge in [-0.3, -0.25) is 4.99 Å². The van der Waals surface area contributed by atoms with Gasteiger partial charge in [-0.2, -0.15) is 0 Å². The Labute approximate surface area is 101 Å². The topological polar surface area (TPSA) is 24.4 Å². The van der Waals surface area contributed by atoms with E-state index in [1.165, 1.54) is 11.3 Å². The van der Waals surface area contributed by atoms with E-state index in [-0.39, 0.29) is 0 Å². The van der Waals surface area contributed by atoms with Crippen LogP contribution in [0, 0.1) is 0 Å². The average molecular weight is 267 g/mol. The van der Waals surface area contributed by atoms with Crippen molar-refractivity contribution in [3.63, 3.8) is 0 Å². The minimum Gasteiger partial charge on any atom is -0.361 e. The minimum absolute atomic E-state index is 0.702. The Kier molecular flexibility index (Phi) is 3.60.